The number of carbonyl (C=O) groups excluding carboxylic acids is 1. The molecular formula is C20H18N6O. The number of hydrogen-bond acceptors (Lipinski definition) is 4. The van der Waals surface area contributed by atoms with E-state index in [0.29, 0.717) is 17.9 Å². The molecule has 0 spiro atoms. The third-order valence-electron chi connectivity index (χ3n) is 4.25. The highest BCUT2D eigenvalue weighted by atomic mass is 16.2. The molecule has 0 saturated heterocycles. The van der Waals surface area contributed by atoms with Gasteiger partial charge in [0.15, 0.2) is 5.82 Å². The molecule has 0 radical (unpaired) electrons. The van der Waals surface area contributed by atoms with E-state index in [1.54, 1.807) is 28.9 Å². The first kappa shape index (κ1) is 16.7. The maximum absolute atomic E-state index is 13.0. The highest BCUT2D eigenvalue weighted by molar-refractivity contribution is 5.99. The maximum atomic E-state index is 13.0. The van der Waals surface area contributed by atoms with E-state index in [9.17, 15) is 4.79 Å². The molecule has 2 aromatic heterocycles. The van der Waals surface area contributed by atoms with Crippen LogP contribution in [0.15, 0.2) is 73.3 Å². The lowest BCUT2D eigenvalue weighted by Crippen LogP contribution is -2.26. The Hall–Kier alpha value is -3.74. The van der Waals surface area contributed by atoms with Crippen molar-refractivity contribution in [3.05, 3.63) is 84.4 Å². The molecule has 2 heterocycles. The van der Waals surface area contributed by atoms with Gasteiger partial charge in [0.1, 0.15) is 6.33 Å². The topological polar surface area (TPSA) is 79.7 Å². The van der Waals surface area contributed by atoms with Crippen molar-refractivity contribution in [3.8, 4) is 17.1 Å². The number of carbonyl (C=O) groups is 1. The molecule has 7 nitrogen and oxygen atoms in total. The number of nitrogens with one attached hydrogen (secondary N) is 1. The van der Waals surface area contributed by atoms with Crippen molar-refractivity contribution in [2.45, 2.75) is 6.54 Å². The van der Waals surface area contributed by atoms with Gasteiger partial charge in [0.25, 0.3) is 5.91 Å². The van der Waals surface area contributed by atoms with Gasteiger partial charge in [0, 0.05) is 30.9 Å². The van der Waals surface area contributed by atoms with E-state index in [2.05, 4.69) is 20.3 Å². The van der Waals surface area contributed by atoms with Crippen molar-refractivity contribution in [2.24, 2.45) is 0 Å². The summed E-state index contributed by atoms with van der Waals surface area (Å²) in [6, 6.07) is 17.2. The number of para-hydroxylation sites is 1. The van der Waals surface area contributed by atoms with E-state index in [0.717, 1.165) is 16.8 Å². The minimum absolute atomic E-state index is 0.0885. The fourth-order valence-electron chi connectivity index (χ4n) is 2.93. The van der Waals surface area contributed by atoms with E-state index < -0.39 is 0 Å². The summed E-state index contributed by atoms with van der Waals surface area (Å²) >= 11 is 0. The summed E-state index contributed by atoms with van der Waals surface area (Å²) in [4.78, 5) is 18.8. The quantitative estimate of drug-likeness (QED) is 0.595. The first-order valence-corrected chi connectivity index (χ1v) is 8.51. The average Bonchev–Trinajstić information content (AvgIpc) is 3.40. The number of hydrogen-bond donors (Lipinski definition) is 1. The summed E-state index contributed by atoms with van der Waals surface area (Å²) < 4.78 is 1.80. The van der Waals surface area contributed by atoms with Crippen LogP contribution in [0.1, 0.15) is 15.9 Å². The first-order chi connectivity index (χ1) is 13.2. The third kappa shape index (κ3) is 3.48. The van der Waals surface area contributed by atoms with Crippen LogP contribution in [0.2, 0.25) is 0 Å². The van der Waals surface area contributed by atoms with E-state index in [1.807, 2.05) is 54.7 Å². The Kier molecular flexibility index (Phi) is 4.49. The molecule has 0 fully saturated rings. The zero-order chi connectivity index (χ0) is 18.6. The summed E-state index contributed by atoms with van der Waals surface area (Å²) in [5, 5.41) is 11.1. The van der Waals surface area contributed by atoms with Gasteiger partial charge in [-0.15, -0.1) is 0 Å². The third-order valence-corrected chi connectivity index (χ3v) is 4.25. The second-order valence-corrected chi connectivity index (χ2v) is 6.17. The molecule has 0 aliphatic heterocycles. The van der Waals surface area contributed by atoms with Crippen molar-refractivity contribution in [2.75, 3.05) is 7.05 Å². The van der Waals surface area contributed by atoms with Crippen molar-refractivity contribution in [1.29, 1.82) is 0 Å². The number of H-pyrrole nitrogens is 1. The summed E-state index contributed by atoms with van der Waals surface area (Å²) in [5.41, 5.74) is 3.24. The largest absolute Gasteiger partial charge is 0.337 e. The highest BCUT2D eigenvalue weighted by Gasteiger charge is 2.18. The molecule has 0 aliphatic rings. The van der Waals surface area contributed by atoms with Crippen molar-refractivity contribution < 1.29 is 4.79 Å². The summed E-state index contributed by atoms with van der Waals surface area (Å²) in [5.74, 6) is 0.485. The molecule has 0 unspecified atom stereocenters. The molecule has 134 valence electrons. The number of amides is 1. The van der Waals surface area contributed by atoms with Crippen LogP contribution in [0.3, 0.4) is 0 Å². The highest BCUT2D eigenvalue weighted by Crippen LogP contribution is 2.21. The Bertz CT molecular complexity index is 1040. The standard InChI is InChI=1S/C20H18N6O/c1-25(12-15-11-23-26(13-15)16-7-3-2-4-8-16)20(27)18-10-6-5-9-17(18)19-21-14-22-24-19/h2-11,13-14H,12H2,1H3,(H,21,22,24). The Balaban J connectivity index is 1.54. The molecular weight excluding hydrogens is 340 g/mol. The van der Waals surface area contributed by atoms with E-state index in [-0.39, 0.29) is 5.91 Å². The molecule has 4 aromatic rings. The van der Waals surface area contributed by atoms with Crippen LogP contribution in [0.25, 0.3) is 17.1 Å². The molecule has 7 heteroatoms. The zero-order valence-corrected chi connectivity index (χ0v) is 14.8. The molecule has 0 aliphatic carbocycles. The van der Waals surface area contributed by atoms with Crippen LogP contribution >= 0.6 is 0 Å². The fraction of sp³-hybridized carbons (Fsp3) is 0.100. The second-order valence-electron chi connectivity index (χ2n) is 6.17. The Morgan fingerprint density at radius 2 is 1.89 bits per heavy atom. The number of rotatable bonds is 5. The van der Waals surface area contributed by atoms with Gasteiger partial charge in [0.05, 0.1) is 17.4 Å². The number of benzene rings is 2. The van der Waals surface area contributed by atoms with Gasteiger partial charge >= 0.3 is 0 Å². The Morgan fingerprint density at radius 1 is 1.11 bits per heavy atom. The monoisotopic (exact) mass is 358 g/mol. The molecule has 27 heavy (non-hydrogen) atoms. The summed E-state index contributed by atoms with van der Waals surface area (Å²) in [6.45, 7) is 0.455. The van der Waals surface area contributed by atoms with Gasteiger partial charge < -0.3 is 4.90 Å². The fourth-order valence-corrected chi connectivity index (χ4v) is 2.93. The van der Waals surface area contributed by atoms with Gasteiger partial charge in [-0.25, -0.2) is 9.67 Å². The predicted molar refractivity (Wildman–Crippen MR) is 101 cm³/mol. The molecule has 0 saturated carbocycles. The van der Waals surface area contributed by atoms with Crippen molar-refractivity contribution in [1.82, 2.24) is 29.9 Å². The van der Waals surface area contributed by atoms with E-state index in [1.165, 1.54) is 6.33 Å². The van der Waals surface area contributed by atoms with Gasteiger partial charge in [-0.3, -0.25) is 9.89 Å². The normalized spacial score (nSPS) is 10.7. The summed E-state index contributed by atoms with van der Waals surface area (Å²) in [6.07, 6.45) is 5.14. The zero-order valence-electron chi connectivity index (χ0n) is 14.8. The lowest BCUT2D eigenvalue weighted by Gasteiger charge is -2.17. The predicted octanol–water partition coefficient (Wildman–Crippen LogP) is 2.93. The molecule has 0 atom stereocenters. The van der Waals surface area contributed by atoms with Crippen LogP contribution in [0, 0.1) is 0 Å². The molecule has 1 N–H and O–H groups in total. The van der Waals surface area contributed by atoms with Crippen LogP contribution in [-0.4, -0.2) is 42.8 Å². The average molecular weight is 358 g/mol. The lowest BCUT2D eigenvalue weighted by atomic mass is 10.1. The van der Waals surface area contributed by atoms with Crippen LogP contribution < -0.4 is 0 Å². The molecule has 0 bridgehead atoms. The van der Waals surface area contributed by atoms with Crippen molar-refractivity contribution >= 4 is 5.91 Å². The molecule has 2 aromatic carbocycles. The van der Waals surface area contributed by atoms with Crippen LogP contribution in [0.5, 0.6) is 0 Å². The minimum atomic E-state index is -0.0885. The number of aromatic nitrogens is 5. The van der Waals surface area contributed by atoms with Crippen LogP contribution in [0.4, 0.5) is 0 Å². The smallest absolute Gasteiger partial charge is 0.254 e. The lowest BCUT2D eigenvalue weighted by molar-refractivity contribution is 0.0786. The van der Waals surface area contributed by atoms with Crippen molar-refractivity contribution in [3.63, 3.8) is 0 Å². The number of aromatic amines is 1. The van der Waals surface area contributed by atoms with E-state index >= 15 is 0 Å². The SMILES string of the molecule is CN(Cc1cnn(-c2ccccc2)c1)C(=O)c1ccccc1-c1ncn[nH]1. The first-order valence-electron chi connectivity index (χ1n) is 8.51. The minimum Gasteiger partial charge on any atom is -0.337 e. The second kappa shape index (κ2) is 7.25. The van der Waals surface area contributed by atoms with E-state index in [4.69, 9.17) is 0 Å². The Morgan fingerprint density at radius 3 is 2.67 bits per heavy atom. The molecule has 1 amide bonds. The summed E-state index contributed by atoms with van der Waals surface area (Å²) in [7, 11) is 1.78. The maximum Gasteiger partial charge on any atom is 0.254 e. The van der Waals surface area contributed by atoms with Gasteiger partial charge in [-0.2, -0.15) is 10.2 Å². The van der Waals surface area contributed by atoms with Gasteiger partial charge in [-0.05, 0) is 18.2 Å². The van der Waals surface area contributed by atoms with Gasteiger partial charge in [0.2, 0.25) is 0 Å². The number of nitrogens with zero attached hydrogens (tertiary/aromatic N) is 5. The Labute approximate surface area is 156 Å². The van der Waals surface area contributed by atoms with Gasteiger partial charge in [-0.1, -0.05) is 36.4 Å². The molecule has 4 rings (SSSR count). The van der Waals surface area contributed by atoms with Crippen LogP contribution in [-0.2, 0) is 6.54 Å².